The largest absolute Gasteiger partial charge is 0.381 e. The lowest BCUT2D eigenvalue weighted by molar-refractivity contribution is 0.865. The third-order valence-corrected chi connectivity index (χ3v) is 5.89. The van der Waals surface area contributed by atoms with Gasteiger partial charge in [0, 0.05) is 17.8 Å². The van der Waals surface area contributed by atoms with E-state index in [1.165, 1.54) is 27.0 Å². The van der Waals surface area contributed by atoms with Gasteiger partial charge in [-0.1, -0.05) is 44.2 Å². The third-order valence-electron chi connectivity index (χ3n) is 4.82. The minimum Gasteiger partial charge on any atom is -0.381 e. The van der Waals surface area contributed by atoms with Gasteiger partial charge in [0.15, 0.2) is 0 Å². The minimum atomic E-state index is 0.575. The topological polar surface area (TPSA) is 24.9 Å². The molecular formula is C24H24N2S. The standard InChI is InChI=1S/C24H24N2S/c1-16(2)19-7-5-18(6-8-19)15-25-21-11-9-20(10-12-21)24-26-22-13-4-17(3)14-23(22)27-24/h4-14,16,25H,15H2,1-3H3. The molecule has 0 amide bonds. The summed E-state index contributed by atoms with van der Waals surface area (Å²) in [6.45, 7) is 7.40. The normalized spacial score (nSPS) is 11.3. The number of nitrogens with zero attached hydrogens (tertiary/aromatic N) is 1. The van der Waals surface area contributed by atoms with E-state index in [1.54, 1.807) is 11.3 Å². The Morgan fingerprint density at radius 1 is 0.926 bits per heavy atom. The van der Waals surface area contributed by atoms with Gasteiger partial charge >= 0.3 is 0 Å². The Hall–Kier alpha value is -2.65. The van der Waals surface area contributed by atoms with Crippen LogP contribution in [0.5, 0.6) is 0 Å². The number of hydrogen-bond donors (Lipinski definition) is 1. The molecular weight excluding hydrogens is 348 g/mol. The van der Waals surface area contributed by atoms with Gasteiger partial charge in [0.1, 0.15) is 5.01 Å². The number of nitrogens with one attached hydrogen (secondary N) is 1. The van der Waals surface area contributed by atoms with E-state index in [9.17, 15) is 0 Å². The maximum atomic E-state index is 4.77. The van der Waals surface area contributed by atoms with E-state index in [4.69, 9.17) is 4.98 Å². The summed E-state index contributed by atoms with van der Waals surface area (Å²) in [7, 11) is 0. The Bertz CT molecular complexity index is 1040. The quantitative estimate of drug-likeness (QED) is 0.407. The zero-order valence-corrected chi connectivity index (χ0v) is 16.8. The predicted octanol–water partition coefficient (Wildman–Crippen LogP) is 7.01. The summed E-state index contributed by atoms with van der Waals surface area (Å²) in [5.74, 6) is 0.575. The highest BCUT2D eigenvalue weighted by atomic mass is 32.1. The molecule has 0 radical (unpaired) electrons. The van der Waals surface area contributed by atoms with Crippen LogP contribution in [0.2, 0.25) is 0 Å². The smallest absolute Gasteiger partial charge is 0.124 e. The van der Waals surface area contributed by atoms with Crippen LogP contribution in [0, 0.1) is 6.92 Å². The summed E-state index contributed by atoms with van der Waals surface area (Å²) < 4.78 is 1.25. The first-order chi connectivity index (χ1) is 13.1. The number of benzene rings is 3. The van der Waals surface area contributed by atoms with Crippen molar-refractivity contribution in [2.45, 2.75) is 33.2 Å². The molecule has 0 fully saturated rings. The number of hydrogen-bond acceptors (Lipinski definition) is 3. The second-order valence-corrected chi connectivity index (χ2v) is 8.35. The van der Waals surface area contributed by atoms with Gasteiger partial charge in [-0.25, -0.2) is 4.98 Å². The molecule has 4 rings (SSSR count). The molecule has 136 valence electrons. The van der Waals surface area contributed by atoms with Crippen LogP contribution in [0.25, 0.3) is 20.8 Å². The van der Waals surface area contributed by atoms with E-state index in [1.807, 2.05) is 0 Å². The van der Waals surface area contributed by atoms with Gasteiger partial charge in [0.25, 0.3) is 0 Å². The van der Waals surface area contributed by atoms with Crippen molar-refractivity contribution in [1.29, 1.82) is 0 Å². The summed E-state index contributed by atoms with van der Waals surface area (Å²) in [5, 5.41) is 4.58. The van der Waals surface area contributed by atoms with Crippen molar-refractivity contribution in [3.8, 4) is 10.6 Å². The van der Waals surface area contributed by atoms with Crippen molar-refractivity contribution >= 4 is 27.2 Å². The first kappa shape index (κ1) is 17.7. The first-order valence-electron chi connectivity index (χ1n) is 9.39. The van der Waals surface area contributed by atoms with Crippen molar-refractivity contribution in [3.63, 3.8) is 0 Å². The predicted molar refractivity (Wildman–Crippen MR) is 118 cm³/mol. The van der Waals surface area contributed by atoms with E-state index in [0.29, 0.717) is 5.92 Å². The lowest BCUT2D eigenvalue weighted by Gasteiger charge is -2.09. The maximum absolute atomic E-state index is 4.77. The number of fused-ring (bicyclic) bond motifs is 1. The molecule has 0 spiro atoms. The molecule has 27 heavy (non-hydrogen) atoms. The van der Waals surface area contributed by atoms with Gasteiger partial charge < -0.3 is 5.32 Å². The zero-order valence-electron chi connectivity index (χ0n) is 16.0. The van der Waals surface area contributed by atoms with Crippen LogP contribution in [-0.2, 0) is 6.54 Å². The van der Waals surface area contributed by atoms with Crippen LogP contribution in [0.15, 0.2) is 66.7 Å². The highest BCUT2D eigenvalue weighted by molar-refractivity contribution is 7.21. The Morgan fingerprint density at radius 3 is 2.37 bits per heavy atom. The Morgan fingerprint density at radius 2 is 1.67 bits per heavy atom. The van der Waals surface area contributed by atoms with Gasteiger partial charge in [0.2, 0.25) is 0 Å². The molecule has 0 aliphatic rings. The van der Waals surface area contributed by atoms with Crippen LogP contribution in [0.3, 0.4) is 0 Å². The highest BCUT2D eigenvalue weighted by Crippen LogP contribution is 2.31. The molecule has 3 heteroatoms. The van der Waals surface area contributed by atoms with Gasteiger partial charge in [0.05, 0.1) is 10.2 Å². The van der Waals surface area contributed by atoms with Crippen molar-refractivity contribution in [3.05, 3.63) is 83.4 Å². The first-order valence-corrected chi connectivity index (χ1v) is 10.2. The van der Waals surface area contributed by atoms with Gasteiger partial charge in [-0.2, -0.15) is 0 Å². The number of thiazole rings is 1. The molecule has 3 aromatic carbocycles. The SMILES string of the molecule is Cc1ccc2nc(-c3ccc(NCc4ccc(C(C)C)cc4)cc3)sc2c1. The molecule has 0 bridgehead atoms. The highest BCUT2D eigenvalue weighted by Gasteiger charge is 2.06. The Labute approximate surface area is 164 Å². The molecule has 1 heterocycles. The molecule has 2 nitrogen and oxygen atoms in total. The molecule has 1 aromatic heterocycles. The van der Waals surface area contributed by atoms with Crippen LogP contribution in [-0.4, -0.2) is 4.98 Å². The fraction of sp³-hybridized carbons (Fsp3) is 0.208. The molecule has 4 aromatic rings. The average Bonchev–Trinajstić information content (AvgIpc) is 3.10. The van der Waals surface area contributed by atoms with Crippen molar-refractivity contribution in [1.82, 2.24) is 4.98 Å². The fourth-order valence-corrected chi connectivity index (χ4v) is 4.18. The van der Waals surface area contributed by atoms with E-state index < -0.39 is 0 Å². The Kier molecular flexibility index (Phi) is 4.95. The monoisotopic (exact) mass is 372 g/mol. The molecule has 0 aliphatic carbocycles. The average molecular weight is 373 g/mol. The van der Waals surface area contributed by atoms with Crippen molar-refractivity contribution in [2.24, 2.45) is 0 Å². The minimum absolute atomic E-state index is 0.575. The van der Waals surface area contributed by atoms with E-state index in [-0.39, 0.29) is 0 Å². The number of anilines is 1. The fourth-order valence-electron chi connectivity index (χ4n) is 3.11. The van der Waals surface area contributed by atoms with Crippen molar-refractivity contribution < 1.29 is 0 Å². The van der Waals surface area contributed by atoms with Gasteiger partial charge in [-0.05, 0) is 65.9 Å². The van der Waals surface area contributed by atoms with Crippen LogP contribution in [0.1, 0.15) is 36.5 Å². The van der Waals surface area contributed by atoms with E-state index in [2.05, 4.69) is 92.8 Å². The summed E-state index contributed by atoms with van der Waals surface area (Å²) in [6, 6.07) is 23.8. The summed E-state index contributed by atoms with van der Waals surface area (Å²) in [5.41, 5.74) is 7.33. The zero-order chi connectivity index (χ0) is 18.8. The van der Waals surface area contributed by atoms with Crippen LogP contribution < -0.4 is 5.32 Å². The molecule has 0 atom stereocenters. The summed E-state index contributed by atoms with van der Waals surface area (Å²) >= 11 is 1.75. The maximum Gasteiger partial charge on any atom is 0.124 e. The molecule has 1 N–H and O–H groups in total. The van der Waals surface area contributed by atoms with E-state index in [0.717, 1.165) is 22.8 Å². The second-order valence-electron chi connectivity index (χ2n) is 7.32. The lowest BCUT2D eigenvalue weighted by atomic mass is 10.0. The molecule has 0 saturated heterocycles. The molecule has 0 aliphatic heterocycles. The summed E-state index contributed by atoms with van der Waals surface area (Å²) in [6.07, 6.45) is 0. The van der Waals surface area contributed by atoms with Crippen LogP contribution in [0.4, 0.5) is 5.69 Å². The van der Waals surface area contributed by atoms with Crippen molar-refractivity contribution in [2.75, 3.05) is 5.32 Å². The summed E-state index contributed by atoms with van der Waals surface area (Å²) in [4.78, 5) is 4.77. The number of rotatable bonds is 5. The van der Waals surface area contributed by atoms with Gasteiger partial charge in [-0.15, -0.1) is 11.3 Å². The Balaban J connectivity index is 1.45. The number of aryl methyl sites for hydroxylation is 1. The van der Waals surface area contributed by atoms with E-state index >= 15 is 0 Å². The molecule has 0 unspecified atom stereocenters. The molecule has 0 saturated carbocycles. The lowest BCUT2D eigenvalue weighted by Crippen LogP contribution is -1.99. The number of aromatic nitrogens is 1. The van der Waals surface area contributed by atoms with Crippen LogP contribution >= 0.6 is 11.3 Å². The van der Waals surface area contributed by atoms with Gasteiger partial charge in [-0.3, -0.25) is 0 Å². The third kappa shape index (κ3) is 4.04. The second kappa shape index (κ2) is 7.53.